The Morgan fingerprint density at radius 2 is 1.85 bits per heavy atom. The van der Waals surface area contributed by atoms with Gasteiger partial charge >= 0.3 is 6.03 Å². The largest absolute Gasteiger partial charge is 0.345 e. The molecule has 2 heterocycles. The standard InChI is InChI=1S/C19H25N5O2/c25-18(15-5-6-16-17(11-15)22-13-21-16)23-7-9-24(10-8-23)19(26)20-12-14-3-1-2-4-14/h5-6,11,13-14H,1-4,7-10,12H2,(H,20,26)(H,21,22). The molecule has 2 aliphatic rings. The number of aromatic amines is 1. The van der Waals surface area contributed by atoms with Gasteiger partial charge in [-0.05, 0) is 37.0 Å². The van der Waals surface area contributed by atoms with Crippen molar-refractivity contribution < 1.29 is 9.59 Å². The number of nitrogens with one attached hydrogen (secondary N) is 2. The Bertz CT molecular complexity index is 788. The van der Waals surface area contributed by atoms with Gasteiger partial charge < -0.3 is 20.1 Å². The second-order valence-corrected chi connectivity index (χ2v) is 7.25. The smallest absolute Gasteiger partial charge is 0.317 e. The Kier molecular flexibility index (Phi) is 4.77. The van der Waals surface area contributed by atoms with Gasteiger partial charge in [-0.1, -0.05) is 12.8 Å². The highest BCUT2D eigenvalue weighted by molar-refractivity contribution is 5.97. The number of benzene rings is 1. The minimum atomic E-state index is 0.00267. The maximum atomic E-state index is 12.7. The van der Waals surface area contributed by atoms with Crippen LogP contribution in [0.1, 0.15) is 36.0 Å². The monoisotopic (exact) mass is 355 g/mol. The molecule has 0 atom stereocenters. The third-order valence-electron chi connectivity index (χ3n) is 5.54. The minimum Gasteiger partial charge on any atom is -0.345 e. The average molecular weight is 355 g/mol. The Labute approximate surface area is 152 Å². The molecule has 2 aromatic rings. The van der Waals surface area contributed by atoms with E-state index in [1.807, 2.05) is 28.0 Å². The van der Waals surface area contributed by atoms with Gasteiger partial charge in [0.15, 0.2) is 0 Å². The van der Waals surface area contributed by atoms with Crippen molar-refractivity contribution in [1.82, 2.24) is 25.1 Å². The van der Waals surface area contributed by atoms with E-state index in [4.69, 9.17) is 0 Å². The SMILES string of the molecule is O=C(NCC1CCCC1)N1CCN(C(=O)c2ccc3nc[nH]c3c2)CC1. The highest BCUT2D eigenvalue weighted by Crippen LogP contribution is 2.23. The van der Waals surface area contributed by atoms with Crippen LogP contribution in [0.3, 0.4) is 0 Å². The number of urea groups is 1. The Morgan fingerprint density at radius 3 is 2.62 bits per heavy atom. The van der Waals surface area contributed by atoms with Gasteiger partial charge in [-0.2, -0.15) is 0 Å². The van der Waals surface area contributed by atoms with Gasteiger partial charge in [-0.15, -0.1) is 0 Å². The zero-order valence-corrected chi connectivity index (χ0v) is 14.9. The highest BCUT2D eigenvalue weighted by atomic mass is 16.2. The Balaban J connectivity index is 1.29. The van der Waals surface area contributed by atoms with Crippen molar-refractivity contribution in [3.05, 3.63) is 30.1 Å². The summed E-state index contributed by atoms with van der Waals surface area (Å²) in [4.78, 5) is 35.9. The lowest BCUT2D eigenvalue weighted by Crippen LogP contribution is -2.53. The summed E-state index contributed by atoms with van der Waals surface area (Å²) in [7, 11) is 0. The number of aromatic nitrogens is 2. The molecule has 0 unspecified atom stereocenters. The summed E-state index contributed by atoms with van der Waals surface area (Å²) in [5.41, 5.74) is 2.37. The molecule has 26 heavy (non-hydrogen) atoms. The van der Waals surface area contributed by atoms with E-state index in [1.54, 1.807) is 6.33 Å². The lowest BCUT2D eigenvalue weighted by atomic mass is 10.1. The number of hydrogen-bond acceptors (Lipinski definition) is 3. The predicted octanol–water partition coefficient (Wildman–Crippen LogP) is 2.22. The third-order valence-corrected chi connectivity index (χ3v) is 5.54. The molecular formula is C19H25N5O2. The number of fused-ring (bicyclic) bond motifs is 1. The molecule has 1 aromatic carbocycles. The number of H-pyrrole nitrogens is 1. The topological polar surface area (TPSA) is 81.3 Å². The van der Waals surface area contributed by atoms with Crippen molar-refractivity contribution in [2.75, 3.05) is 32.7 Å². The third kappa shape index (κ3) is 3.52. The minimum absolute atomic E-state index is 0.00267. The lowest BCUT2D eigenvalue weighted by molar-refractivity contribution is 0.0665. The number of carbonyl (C=O) groups excluding carboxylic acids is 2. The lowest BCUT2D eigenvalue weighted by Gasteiger charge is -2.35. The molecule has 1 aromatic heterocycles. The summed E-state index contributed by atoms with van der Waals surface area (Å²) in [5, 5.41) is 3.06. The van der Waals surface area contributed by atoms with Crippen molar-refractivity contribution in [1.29, 1.82) is 0 Å². The van der Waals surface area contributed by atoms with Crippen LogP contribution >= 0.6 is 0 Å². The number of rotatable bonds is 3. The van der Waals surface area contributed by atoms with Crippen molar-refractivity contribution in [2.45, 2.75) is 25.7 Å². The zero-order valence-electron chi connectivity index (χ0n) is 14.9. The number of carbonyl (C=O) groups is 2. The van der Waals surface area contributed by atoms with E-state index >= 15 is 0 Å². The second kappa shape index (κ2) is 7.35. The van der Waals surface area contributed by atoms with Crippen molar-refractivity contribution in [3.63, 3.8) is 0 Å². The van der Waals surface area contributed by atoms with E-state index in [9.17, 15) is 9.59 Å². The Morgan fingerprint density at radius 1 is 1.12 bits per heavy atom. The molecule has 138 valence electrons. The van der Waals surface area contributed by atoms with Crippen molar-refractivity contribution >= 4 is 23.0 Å². The van der Waals surface area contributed by atoms with Gasteiger partial charge in [0.05, 0.1) is 17.4 Å². The normalized spacial score (nSPS) is 18.5. The summed E-state index contributed by atoms with van der Waals surface area (Å²) >= 11 is 0. The highest BCUT2D eigenvalue weighted by Gasteiger charge is 2.25. The van der Waals surface area contributed by atoms with Crippen LogP contribution in [-0.4, -0.2) is 64.4 Å². The quantitative estimate of drug-likeness (QED) is 0.886. The molecule has 0 spiro atoms. The van der Waals surface area contributed by atoms with Crippen LogP contribution in [0.25, 0.3) is 11.0 Å². The molecule has 7 nitrogen and oxygen atoms in total. The summed E-state index contributed by atoms with van der Waals surface area (Å²) in [6.45, 7) is 3.07. The van der Waals surface area contributed by atoms with Crippen LogP contribution < -0.4 is 5.32 Å². The first-order valence-corrected chi connectivity index (χ1v) is 9.46. The fourth-order valence-electron chi connectivity index (χ4n) is 3.92. The van der Waals surface area contributed by atoms with Crippen LogP contribution in [-0.2, 0) is 0 Å². The summed E-state index contributed by atoms with van der Waals surface area (Å²) in [6.07, 6.45) is 6.64. The maximum absolute atomic E-state index is 12.7. The number of hydrogen-bond donors (Lipinski definition) is 2. The van der Waals surface area contributed by atoms with Crippen LogP contribution in [0.15, 0.2) is 24.5 Å². The molecule has 0 bridgehead atoms. The van der Waals surface area contributed by atoms with Gasteiger partial charge in [0.25, 0.3) is 5.91 Å². The molecule has 4 rings (SSSR count). The van der Waals surface area contributed by atoms with E-state index in [2.05, 4.69) is 15.3 Å². The molecule has 7 heteroatoms. The number of amides is 3. The molecule has 3 amide bonds. The van der Waals surface area contributed by atoms with Crippen LogP contribution in [0.2, 0.25) is 0 Å². The first kappa shape index (κ1) is 16.9. The average Bonchev–Trinajstić information content (AvgIpc) is 3.36. The summed E-state index contributed by atoms with van der Waals surface area (Å²) < 4.78 is 0. The van der Waals surface area contributed by atoms with E-state index in [0.29, 0.717) is 37.7 Å². The molecule has 2 N–H and O–H groups in total. The fraction of sp³-hybridized carbons (Fsp3) is 0.526. The van der Waals surface area contributed by atoms with Crippen LogP contribution in [0, 0.1) is 5.92 Å². The summed E-state index contributed by atoms with van der Waals surface area (Å²) in [6, 6.07) is 5.51. The summed E-state index contributed by atoms with van der Waals surface area (Å²) in [5.74, 6) is 0.645. The molecule has 0 radical (unpaired) electrons. The molecule has 1 saturated heterocycles. The number of nitrogens with zero attached hydrogens (tertiary/aromatic N) is 3. The van der Waals surface area contributed by atoms with Gasteiger partial charge in [-0.3, -0.25) is 4.79 Å². The van der Waals surface area contributed by atoms with E-state index in [0.717, 1.165) is 17.6 Å². The fourth-order valence-corrected chi connectivity index (χ4v) is 3.92. The van der Waals surface area contributed by atoms with Gasteiger partial charge in [0.2, 0.25) is 0 Å². The number of piperazine rings is 1. The van der Waals surface area contributed by atoms with Gasteiger partial charge in [-0.25, -0.2) is 9.78 Å². The number of imidazole rings is 1. The van der Waals surface area contributed by atoms with Gasteiger partial charge in [0.1, 0.15) is 0 Å². The second-order valence-electron chi connectivity index (χ2n) is 7.25. The molecule has 2 fully saturated rings. The maximum Gasteiger partial charge on any atom is 0.317 e. The van der Waals surface area contributed by atoms with E-state index in [-0.39, 0.29) is 11.9 Å². The Hall–Kier alpha value is -2.57. The van der Waals surface area contributed by atoms with Crippen LogP contribution in [0.4, 0.5) is 4.79 Å². The molecule has 1 saturated carbocycles. The molecule has 1 aliphatic carbocycles. The van der Waals surface area contributed by atoms with Crippen LogP contribution in [0.5, 0.6) is 0 Å². The van der Waals surface area contributed by atoms with Crippen molar-refractivity contribution in [3.8, 4) is 0 Å². The van der Waals surface area contributed by atoms with E-state index < -0.39 is 0 Å². The van der Waals surface area contributed by atoms with Crippen molar-refractivity contribution in [2.24, 2.45) is 5.92 Å². The van der Waals surface area contributed by atoms with E-state index in [1.165, 1.54) is 25.7 Å². The van der Waals surface area contributed by atoms with Gasteiger partial charge in [0, 0.05) is 38.3 Å². The molecular weight excluding hydrogens is 330 g/mol. The predicted molar refractivity (Wildman–Crippen MR) is 98.9 cm³/mol. The molecule has 1 aliphatic heterocycles. The zero-order chi connectivity index (χ0) is 17.9. The first-order chi connectivity index (χ1) is 12.7. The first-order valence-electron chi connectivity index (χ1n) is 9.46.